The Kier molecular flexibility index (Phi) is 11.9. The Balaban J connectivity index is 0.00000240. The third kappa shape index (κ3) is 7.93. The van der Waals surface area contributed by atoms with Gasteiger partial charge < -0.3 is 39.5 Å². The summed E-state index contributed by atoms with van der Waals surface area (Å²) < 4.78 is 0.579. The van der Waals surface area contributed by atoms with Crippen molar-refractivity contribution in [2.75, 3.05) is 59.9 Å². The first-order valence-electron chi connectivity index (χ1n) is 10.7. The molecule has 4 unspecified atom stereocenters. The molecule has 178 valence electrons. The molecule has 2 aliphatic rings. The molecular weight excluding hydrogens is 471 g/mol. The van der Waals surface area contributed by atoms with Crippen molar-refractivity contribution in [3.63, 3.8) is 0 Å². The van der Waals surface area contributed by atoms with Crippen molar-refractivity contribution in [2.45, 2.75) is 31.8 Å². The number of hydrogen-bond acceptors (Lipinski definition) is 5. The normalized spacial score (nSPS) is 28.3. The van der Waals surface area contributed by atoms with E-state index in [2.05, 4.69) is 52.9 Å². The second-order valence-corrected chi connectivity index (χ2v) is 10.2. The van der Waals surface area contributed by atoms with Gasteiger partial charge in [-0.15, -0.1) is 24.8 Å². The van der Waals surface area contributed by atoms with Crippen LogP contribution in [0.25, 0.3) is 0 Å². The number of rotatable bonds is 6. The number of likely N-dealkylation sites (N-methyl/N-ethyl adjacent to an activating group) is 2. The zero-order chi connectivity index (χ0) is 21.0. The van der Waals surface area contributed by atoms with Gasteiger partial charge in [0.25, 0.3) is 0 Å². The van der Waals surface area contributed by atoms with E-state index in [1.807, 2.05) is 13.1 Å². The summed E-state index contributed by atoms with van der Waals surface area (Å²) in [5.41, 5.74) is 1.25. The Hall–Kier alpha value is -0.250. The number of thiocarbonyl (C=S) groups is 1. The van der Waals surface area contributed by atoms with Crippen molar-refractivity contribution in [2.24, 2.45) is 5.92 Å². The highest BCUT2D eigenvalue weighted by atomic mass is 35.5. The number of nitrogens with zero attached hydrogens (tertiary/aromatic N) is 4. The molecule has 9 heteroatoms. The van der Waals surface area contributed by atoms with Gasteiger partial charge in [0.15, 0.2) is 0 Å². The average molecular weight is 510 g/mol. The first-order chi connectivity index (χ1) is 13.8. The molecule has 4 atom stereocenters. The second-order valence-electron chi connectivity index (χ2n) is 9.21. The molecule has 1 aromatic rings. The van der Waals surface area contributed by atoms with E-state index in [1.165, 1.54) is 5.56 Å². The summed E-state index contributed by atoms with van der Waals surface area (Å²) in [4.78, 5) is 7.08. The number of hydrogen-bond donors (Lipinski definition) is 1. The maximum absolute atomic E-state index is 11.6. The minimum absolute atomic E-state index is 0. The third-order valence-electron chi connectivity index (χ3n) is 6.75. The van der Waals surface area contributed by atoms with Crippen molar-refractivity contribution in [1.29, 1.82) is 0 Å². The minimum Gasteiger partial charge on any atom is -0.411 e. The Morgan fingerprint density at radius 2 is 1.71 bits per heavy atom. The summed E-state index contributed by atoms with van der Waals surface area (Å²) in [5.74, 6) is 0.518. The SMILES string of the molecule is CC(CC1CN(C(=S)[S-])CC(Cc2ccccc2)[N+]1(C)O)CN1CCN(C)CC1.Cl.Cl. The molecule has 0 spiro atoms. The van der Waals surface area contributed by atoms with E-state index in [4.69, 9.17) is 24.8 Å². The second kappa shape index (κ2) is 12.8. The summed E-state index contributed by atoms with van der Waals surface area (Å²) >= 11 is 10.7. The predicted octanol–water partition coefficient (Wildman–Crippen LogP) is 3.07. The van der Waals surface area contributed by atoms with E-state index in [1.54, 1.807) is 0 Å². The van der Waals surface area contributed by atoms with Crippen molar-refractivity contribution in [3.05, 3.63) is 35.9 Å². The fourth-order valence-electron chi connectivity index (χ4n) is 4.79. The van der Waals surface area contributed by atoms with E-state index in [0.29, 0.717) is 16.8 Å². The van der Waals surface area contributed by atoms with E-state index >= 15 is 0 Å². The van der Waals surface area contributed by atoms with Crippen LogP contribution in [0.2, 0.25) is 0 Å². The van der Waals surface area contributed by atoms with Crippen LogP contribution in [-0.2, 0) is 19.0 Å². The summed E-state index contributed by atoms with van der Waals surface area (Å²) in [6.07, 6.45) is 1.80. The topological polar surface area (TPSA) is 30.0 Å². The summed E-state index contributed by atoms with van der Waals surface area (Å²) in [5, 5.41) is 11.6. The van der Waals surface area contributed by atoms with Gasteiger partial charge in [0.2, 0.25) is 0 Å². The van der Waals surface area contributed by atoms with E-state index < -0.39 is 0 Å². The molecule has 0 saturated carbocycles. The van der Waals surface area contributed by atoms with Crippen LogP contribution in [0.15, 0.2) is 30.3 Å². The molecule has 2 saturated heterocycles. The van der Waals surface area contributed by atoms with Crippen molar-refractivity contribution < 1.29 is 9.85 Å². The quantitative estimate of drug-likeness (QED) is 0.360. The molecule has 0 radical (unpaired) electrons. The highest BCUT2D eigenvalue weighted by Crippen LogP contribution is 2.28. The molecule has 1 aromatic carbocycles. The van der Waals surface area contributed by atoms with E-state index in [0.717, 1.165) is 52.1 Å². The summed E-state index contributed by atoms with van der Waals surface area (Å²) in [6.45, 7) is 9.41. The van der Waals surface area contributed by atoms with Crippen LogP contribution in [0.5, 0.6) is 0 Å². The minimum atomic E-state index is 0. The van der Waals surface area contributed by atoms with E-state index in [-0.39, 0.29) is 41.5 Å². The molecule has 0 aromatic heterocycles. The molecule has 2 aliphatic heterocycles. The lowest BCUT2D eigenvalue weighted by Crippen LogP contribution is -2.68. The lowest BCUT2D eigenvalue weighted by atomic mass is 9.93. The molecule has 31 heavy (non-hydrogen) atoms. The van der Waals surface area contributed by atoms with Gasteiger partial charge >= 0.3 is 0 Å². The lowest BCUT2D eigenvalue weighted by molar-refractivity contribution is -1.13. The standard InChI is InChI=1S/C22H36N4OS2.2ClH/c1-18(15-24-11-9-23(2)10-12-24)13-20-16-25(22(28)29)17-21(26(20,3)27)14-19-7-5-4-6-8-19;;/h4-8,18,20-21,27H,9-17H2,1-3H3;2*1H. The molecule has 5 nitrogen and oxygen atoms in total. The maximum atomic E-state index is 11.6. The summed E-state index contributed by atoms with van der Waals surface area (Å²) in [7, 11) is 4.17. The number of quaternary nitrogens is 1. The van der Waals surface area contributed by atoms with Crippen LogP contribution in [0, 0.1) is 5.92 Å². The molecule has 2 fully saturated rings. The fourth-order valence-corrected chi connectivity index (χ4v) is 5.09. The smallest absolute Gasteiger partial charge is 0.140 e. The Morgan fingerprint density at radius 3 is 2.29 bits per heavy atom. The first-order valence-corrected chi connectivity index (χ1v) is 11.6. The Bertz CT molecular complexity index is 675. The van der Waals surface area contributed by atoms with Gasteiger partial charge in [-0.2, -0.15) is 4.65 Å². The largest absolute Gasteiger partial charge is 0.411 e. The number of halogens is 2. The van der Waals surface area contributed by atoms with Crippen molar-refractivity contribution in [3.8, 4) is 0 Å². The third-order valence-corrected chi connectivity index (χ3v) is 7.27. The Labute approximate surface area is 211 Å². The number of hydroxylamine groups is 3. The van der Waals surface area contributed by atoms with Gasteiger partial charge in [-0.25, -0.2) is 5.21 Å². The number of benzene rings is 1. The zero-order valence-electron chi connectivity index (χ0n) is 18.9. The number of piperazine rings is 2. The molecule has 3 rings (SSSR count). The Morgan fingerprint density at radius 1 is 1.13 bits per heavy atom. The molecule has 0 aliphatic carbocycles. The van der Waals surface area contributed by atoms with Crippen LogP contribution in [0.3, 0.4) is 0 Å². The van der Waals surface area contributed by atoms with Crippen LogP contribution in [0.4, 0.5) is 0 Å². The highest BCUT2D eigenvalue weighted by Gasteiger charge is 2.46. The van der Waals surface area contributed by atoms with Crippen LogP contribution in [-0.4, -0.2) is 101 Å². The molecule has 0 amide bonds. The van der Waals surface area contributed by atoms with Gasteiger partial charge in [-0.3, -0.25) is 0 Å². The van der Waals surface area contributed by atoms with Crippen molar-refractivity contribution in [1.82, 2.24) is 14.7 Å². The van der Waals surface area contributed by atoms with Crippen molar-refractivity contribution >= 4 is 54.0 Å². The predicted molar refractivity (Wildman–Crippen MR) is 139 cm³/mol. The molecule has 2 heterocycles. The molecule has 1 N–H and O–H groups in total. The van der Waals surface area contributed by atoms with Gasteiger partial charge in [-0.05, 0) is 18.5 Å². The van der Waals surface area contributed by atoms with Crippen LogP contribution in [0.1, 0.15) is 18.9 Å². The molecule has 0 bridgehead atoms. The van der Waals surface area contributed by atoms with Gasteiger partial charge in [0, 0.05) is 45.6 Å². The monoisotopic (exact) mass is 508 g/mol. The maximum Gasteiger partial charge on any atom is 0.140 e. The van der Waals surface area contributed by atoms with Gasteiger partial charge in [0.05, 0.1) is 20.1 Å². The van der Waals surface area contributed by atoms with Gasteiger partial charge in [-0.1, -0.05) is 41.6 Å². The fraction of sp³-hybridized carbons (Fsp3) is 0.682. The lowest BCUT2D eigenvalue weighted by Gasteiger charge is -2.50. The average Bonchev–Trinajstić information content (AvgIpc) is 2.67. The highest BCUT2D eigenvalue weighted by molar-refractivity contribution is 8.00. The van der Waals surface area contributed by atoms with Gasteiger partial charge in [0.1, 0.15) is 12.1 Å². The zero-order valence-corrected chi connectivity index (χ0v) is 22.1. The van der Waals surface area contributed by atoms with Crippen LogP contribution >= 0.6 is 37.0 Å². The molecular formula is C22H38Cl2N4OS2. The van der Waals surface area contributed by atoms with Crippen LogP contribution < -0.4 is 0 Å². The van der Waals surface area contributed by atoms with E-state index in [9.17, 15) is 5.21 Å². The summed E-state index contributed by atoms with van der Waals surface area (Å²) in [6, 6.07) is 10.6. The first kappa shape index (κ1) is 28.8.